The molecule has 0 aliphatic carbocycles. The first-order valence-electron chi connectivity index (χ1n) is 10.5. The molecule has 164 valence electrons. The average molecular weight is 431 g/mol. The molecular weight excluding hydrogens is 404 g/mol. The number of hydrogen-bond acceptors (Lipinski definition) is 5. The Morgan fingerprint density at radius 2 is 2.00 bits per heavy atom. The summed E-state index contributed by atoms with van der Waals surface area (Å²) in [6.45, 7) is 8.64. The van der Waals surface area contributed by atoms with Gasteiger partial charge in [-0.05, 0) is 30.5 Å². The number of nitrogens with one attached hydrogen (secondary N) is 3. The van der Waals surface area contributed by atoms with Crippen molar-refractivity contribution in [3.05, 3.63) is 47.8 Å². The third kappa shape index (κ3) is 3.39. The minimum atomic E-state index is 0.492. The summed E-state index contributed by atoms with van der Waals surface area (Å²) in [6, 6.07) is 7.82. The SMILES string of the molecule is C=c1[nH]c2cc(-c3ccnc(Nc4ccnn4C)n3)cc3n[nH]c(c(CC(C)C)n1C)n32. The Bertz CT molecular complexity index is 1500. The minimum absolute atomic E-state index is 0.492. The summed E-state index contributed by atoms with van der Waals surface area (Å²) >= 11 is 0. The van der Waals surface area contributed by atoms with Crippen molar-refractivity contribution in [2.24, 2.45) is 20.0 Å². The molecule has 0 fully saturated rings. The maximum atomic E-state index is 4.70. The van der Waals surface area contributed by atoms with Crippen LogP contribution in [0.2, 0.25) is 0 Å². The van der Waals surface area contributed by atoms with Gasteiger partial charge in [0.1, 0.15) is 16.9 Å². The summed E-state index contributed by atoms with van der Waals surface area (Å²) in [4.78, 5) is 12.5. The Balaban J connectivity index is 1.66. The number of hydrogen-bond donors (Lipinski definition) is 3. The molecule has 0 bridgehead atoms. The zero-order valence-corrected chi connectivity index (χ0v) is 18.6. The molecule has 5 aromatic rings. The number of aryl methyl sites for hydroxylation is 1. The normalized spacial score (nSPS) is 11.7. The Kier molecular flexibility index (Phi) is 4.69. The van der Waals surface area contributed by atoms with Crippen molar-refractivity contribution in [1.82, 2.24) is 43.9 Å². The van der Waals surface area contributed by atoms with Crippen molar-refractivity contribution in [2.45, 2.75) is 20.3 Å². The van der Waals surface area contributed by atoms with Crippen LogP contribution >= 0.6 is 0 Å². The molecule has 5 rings (SSSR count). The molecular formula is C22H26N10. The molecule has 0 atom stereocenters. The summed E-state index contributed by atoms with van der Waals surface area (Å²) in [5.41, 5.74) is 6.26. The maximum absolute atomic E-state index is 4.70. The molecule has 0 aromatic carbocycles. The van der Waals surface area contributed by atoms with E-state index in [1.165, 1.54) is 0 Å². The highest BCUT2D eigenvalue weighted by atomic mass is 15.3. The number of aromatic amines is 2. The van der Waals surface area contributed by atoms with E-state index in [9.17, 15) is 0 Å². The van der Waals surface area contributed by atoms with Gasteiger partial charge in [-0.1, -0.05) is 20.4 Å². The van der Waals surface area contributed by atoms with Crippen LogP contribution in [0.5, 0.6) is 0 Å². The van der Waals surface area contributed by atoms with Gasteiger partial charge < -0.3 is 14.9 Å². The monoisotopic (exact) mass is 430 g/mol. The largest absolute Gasteiger partial charge is 0.332 e. The first-order valence-corrected chi connectivity index (χ1v) is 10.5. The zero-order chi connectivity index (χ0) is 22.4. The van der Waals surface area contributed by atoms with Crippen LogP contribution in [0.1, 0.15) is 19.5 Å². The topological polar surface area (TPSA) is 109 Å². The summed E-state index contributed by atoms with van der Waals surface area (Å²) in [5.74, 6) is 1.80. The molecule has 0 aliphatic rings. The minimum Gasteiger partial charge on any atom is -0.332 e. The molecule has 0 unspecified atom stereocenters. The number of pyridine rings is 1. The Hall–Kier alpha value is -4.08. The van der Waals surface area contributed by atoms with Gasteiger partial charge in [0.25, 0.3) is 0 Å². The molecule has 5 heterocycles. The first-order chi connectivity index (χ1) is 15.4. The van der Waals surface area contributed by atoms with E-state index in [1.54, 1.807) is 17.1 Å². The van der Waals surface area contributed by atoms with Gasteiger partial charge in [0.2, 0.25) is 5.95 Å². The highest BCUT2D eigenvalue weighted by Gasteiger charge is 2.14. The summed E-state index contributed by atoms with van der Waals surface area (Å²) in [5, 5.41) is 15.2. The quantitative estimate of drug-likeness (QED) is 0.397. The average Bonchev–Trinajstić information content (AvgIpc) is 3.35. The van der Waals surface area contributed by atoms with Gasteiger partial charge in [-0.3, -0.25) is 14.2 Å². The van der Waals surface area contributed by atoms with Crippen molar-refractivity contribution >= 4 is 35.3 Å². The van der Waals surface area contributed by atoms with E-state index in [0.29, 0.717) is 11.9 Å². The predicted molar refractivity (Wildman–Crippen MR) is 125 cm³/mol. The lowest BCUT2D eigenvalue weighted by atomic mass is 10.1. The molecule has 0 saturated carbocycles. The van der Waals surface area contributed by atoms with Gasteiger partial charge >= 0.3 is 0 Å². The third-order valence-corrected chi connectivity index (χ3v) is 5.52. The number of anilines is 2. The Morgan fingerprint density at radius 3 is 2.75 bits per heavy atom. The molecule has 10 nitrogen and oxygen atoms in total. The van der Waals surface area contributed by atoms with Crippen molar-refractivity contribution in [3.8, 4) is 11.3 Å². The molecule has 0 spiro atoms. The van der Waals surface area contributed by atoms with Crippen molar-refractivity contribution in [3.63, 3.8) is 0 Å². The van der Waals surface area contributed by atoms with Gasteiger partial charge in [0, 0.05) is 31.9 Å². The van der Waals surface area contributed by atoms with E-state index in [0.717, 1.165) is 51.6 Å². The smallest absolute Gasteiger partial charge is 0.228 e. The molecule has 5 aromatic heterocycles. The van der Waals surface area contributed by atoms with E-state index in [2.05, 4.69) is 66.0 Å². The lowest BCUT2D eigenvalue weighted by molar-refractivity contribution is 0.608. The van der Waals surface area contributed by atoms with Crippen LogP contribution in [-0.4, -0.2) is 43.9 Å². The second kappa shape index (κ2) is 7.56. The van der Waals surface area contributed by atoms with Crippen LogP contribution < -0.4 is 10.8 Å². The molecule has 32 heavy (non-hydrogen) atoms. The lowest BCUT2D eigenvalue weighted by Crippen LogP contribution is -2.20. The summed E-state index contributed by atoms with van der Waals surface area (Å²) in [7, 11) is 3.88. The second-order valence-electron chi connectivity index (χ2n) is 8.30. The fraction of sp³-hybridized carbons (Fsp3) is 0.273. The molecule has 0 saturated heterocycles. The molecule has 10 heteroatoms. The molecule has 0 amide bonds. The molecule has 0 aliphatic heterocycles. The van der Waals surface area contributed by atoms with E-state index < -0.39 is 0 Å². The van der Waals surface area contributed by atoms with Crippen molar-refractivity contribution < 1.29 is 0 Å². The van der Waals surface area contributed by atoms with Crippen molar-refractivity contribution in [2.75, 3.05) is 5.32 Å². The highest BCUT2D eigenvalue weighted by molar-refractivity contribution is 5.74. The van der Waals surface area contributed by atoms with Crippen LogP contribution in [0.3, 0.4) is 0 Å². The second-order valence-corrected chi connectivity index (χ2v) is 8.30. The van der Waals surface area contributed by atoms with Crippen LogP contribution in [0.4, 0.5) is 11.8 Å². The number of aromatic nitrogens is 9. The number of H-pyrrole nitrogens is 2. The van der Waals surface area contributed by atoms with Crippen molar-refractivity contribution in [1.29, 1.82) is 0 Å². The van der Waals surface area contributed by atoms with Crippen LogP contribution in [0.15, 0.2) is 36.7 Å². The highest BCUT2D eigenvalue weighted by Crippen LogP contribution is 2.24. The summed E-state index contributed by atoms with van der Waals surface area (Å²) < 4.78 is 5.90. The van der Waals surface area contributed by atoms with E-state index >= 15 is 0 Å². The Labute approximate surface area is 184 Å². The fourth-order valence-electron chi connectivity index (χ4n) is 3.86. The van der Waals surface area contributed by atoms with Gasteiger partial charge in [-0.2, -0.15) is 10.2 Å². The standard InChI is InChI=1S/C22H26N10/c1-13(2)10-17-21-29-28-20-12-15(11-19(32(20)21)25-14(3)30(17)4)16-6-8-23-22(26-16)27-18-7-9-24-31(18)5/h6-9,11-13,25,29H,3,10H2,1-2,4-5H3,(H,23,26,27). The molecule has 3 N–H and O–H groups in total. The fourth-order valence-corrected chi connectivity index (χ4v) is 3.86. The lowest BCUT2D eigenvalue weighted by Gasteiger charge is -2.09. The van der Waals surface area contributed by atoms with E-state index in [-0.39, 0.29) is 0 Å². The molecule has 0 radical (unpaired) electrons. The zero-order valence-electron chi connectivity index (χ0n) is 18.6. The maximum Gasteiger partial charge on any atom is 0.228 e. The first kappa shape index (κ1) is 19.9. The Morgan fingerprint density at radius 1 is 1.16 bits per heavy atom. The van der Waals surface area contributed by atoms with Gasteiger partial charge in [0.05, 0.1) is 17.6 Å². The number of nitrogens with zero attached hydrogens (tertiary/aromatic N) is 7. The van der Waals surface area contributed by atoms with E-state index in [4.69, 9.17) is 4.98 Å². The predicted octanol–water partition coefficient (Wildman–Crippen LogP) is 2.87. The number of rotatable bonds is 5. The van der Waals surface area contributed by atoms with Gasteiger partial charge in [-0.15, -0.1) is 0 Å². The van der Waals surface area contributed by atoms with Gasteiger partial charge in [-0.25, -0.2) is 9.97 Å². The van der Waals surface area contributed by atoms with Crippen LogP contribution in [0.25, 0.3) is 34.8 Å². The van der Waals surface area contributed by atoms with Crippen LogP contribution in [-0.2, 0) is 20.5 Å². The summed E-state index contributed by atoms with van der Waals surface area (Å²) in [6.07, 6.45) is 4.36. The third-order valence-electron chi connectivity index (χ3n) is 5.52. The van der Waals surface area contributed by atoms with Gasteiger partial charge in [0.15, 0.2) is 11.3 Å². The van der Waals surface area contributed by atoms with Crippen LogP contribution in [0, 0.1) is 5.92 Å². The van der Waals surface area contributed by atoms with E-state index in [1.807, 2.05) is 32.3 Å².